The summed E-state index contributed by atoms with van der Waals surface area (Å²) in [6, 6.07) is 5.21. The van der Waals surface area contributed by atoms with Crippen molar-refractivity contribution in [2.75, 3.05) is 11.1 Å². The molecule has 1 amide bonds. The predicted octanol–water partition coefficient (Wildman–Crippen LogP) is 3.39. The quantitative estimate of drug-likeness (QED) is 0.835. The van der Waals surface area contributed by atoms with Gasteiger partial charge in [0.1, 0.15) is 0 Å². The van der Waals surface area contributed by atoms with Crippen LogP contribution < -0.4 is 11.1 Å². The summed E-state index contributed by atoms with van der Waals surface area (Å²) in [6.45, 7) is 2.27. The van der Waals surface area contributed by atoms with Gasteiger partial charge in [-0.05, 0) is 38.5 Å². The van der Waals surface area contributed by atoms with Crippen molar-refractivity contribution in [2.24, 2.45) is 0 Å². The molecule has 2 aromatic rings. The van der Waals surface area contributed by atoms with Crippen molar-refractivity contribution in [3.05, 3.63) is 40.7 Å². The Hall–Kier alpha value is -2.15. The molecule has 5 nitrogen and oxygen atoms in total. The summed E-state index contributed by atoms with van der Waals surface area (Å²) in [5, 5.41) is 6.52. The lowest BCUT2D eigenvalue weighted by Gasteiger charge is -2.09. The normalized spacial score (nSPS) is 10.5. The molecule has 0 saturated carbocycles. The number of hydrogen-bond acceptors (Lipinski definition) is 3. The van der Waals surface area contributed by atoms with Crippen molar-refractivity contribution >= 4 is 29.7 Å². The highest BCUT2D eigenvalue weighted by atomic mass is 35.5. The second-order valence-corrected chi connectivity index (χ2v) is 5.17. The Balaban J connectivity index is 0.00000264. The molecule has 3 N–H and O–H groups in total. The Kier molecular flexibility index (Phi) is 6.09. The van der Waals surface area contributed by atoms with Gasteiger partial charge in [0.2, 0.25) is 5.91 Å². The number of hydrogen-bond donors (Lipinski definition) is 2. The lowest BCUT2D eigenvalue weighted by Crippen LogP contribution is -2.16. The molecule has 0 unspecified atom stereocenters. The van der Waals surface area contributed by atoms with Crippen LogP contribution in [0.5, 0.6) is 0 Å². The number of nitrogens with one attached hydrogen (secondary N) is 1. The zero-order valence-electron chi connectivity index (χ0n) is 13.1. The summed E-state index contributed by atoms with van der Waals surface area (Å²) in [5.74, 6) is -0.297. The third kappa shape index (κ3) is 4.19. The van der Waals surface area contributed by atoms with Gasteiger partial charge in [0.25, 0.3) is 0 Å². The number of nitrogen functional groups attached to an aromatic ring is 1. The summed E-state index contributed by atoms with van der Waals surface area (Å²) < 4.78 is 26.2. The van der Waals surface area contributed by atoms with Gasteiger partial charge in [-0.25, -0.2) is 4.68 Å². The lowest BCUT2D eigenvalue weighted by molar-refractivity contribution is -0.115. The van der Waals surface area contributed by atoms with E-state index in [-0.39, 0.29) is 24.7 Å². The third-order valence-electron chi connectivity index (χ3n) is 3.53. The fourth-order valence-electron chi connectivity index (χ4n) is 2.27. The highest BCUT2D eigenvalue weighted by molar-refractivity contribution is 5.93. The maximum atomic E-state index is 12.8. The number of alkyl halides is 2. The van der Waals surface area contributed by atoms with Crippen LogP contribution in [0, 0.1) is 20.8 Å². The molecule has 0 fully saturated rings. The standard InChI is InChI=1S/C15H18F2N4O.ClH/c1-8-4-5-11(18)6-13(8)19-14(22)7-12-9(2)20-21(10(12)3)15(16)17;/h4-6,15H,7,18H2,1-3H3,(H,19,22);1H. The smallest absolute Gasteiger partial charge is 0.333 e. The van der Waals surface area contributed by atoms with E-state index in [0.717, 1.165) is 5.56 Å². The van der Waals surface area contributed by atoms with Gasteiger partial charge in [-0.15, -0.1) is 12.4 Å². The van der Waals surface area contributed by atoms with E-state index >= 15 is 0 Å². The molecule has 1 aromatic heterocycles. The van der Waals surface area contributed by atoms with Crippen LogP contribution in [0.2, 0.25) is 0 Å². The molecule has 23 heavy (non-hydrogen) atoms. The zero-order valence-corrected chi connectivity index (χ0v) is 13.9. The van der Waals surface area contributed by atoms with Gasteiger partial charge in [0, 0.05) is 22.6 Å². The Morgan fingerprint density at radius 3 is 2.57 bits per heavy atom. The van der Waals surface area contributed by atoms with Crippen molar-refractivity contribution in [1.82, 2.24) is 9.78 Å². The largest absolute Gasteiger partial charge is 0.399 e. The molecule has 0 aliphatic heterocycles. The first kappa shape index (κ1) is 18.9. The van der Waals surface area contributed by atoms with Crippen LogP contribution in [-0.2, 0) is 11.2 Å². The van der Waals surface area contributed by atoms with Crippen LogP contribution in [0.3, 0.4) is 0 Å². The first-order valence-electron chi connectivity index (χ1n) is 6.78. The lowest BCUT2D eigenvalue weighted by atomic mass is 10.1. The number of carbonyl (C=O) groups excluding carboxylic acids is 1. The van der Waals surface area contributed by atoms with E-state index in [9.17, 15) is 13.6 Å². The summed E-state index contributed by atoms with van der Waals surface area (Å²) in [4.78, 5) is 12.2. The SMILES string of the molecule is Cc1ccc(N)cc1NC(=O)Cc1c(C)nn(C(F)F)c1C.Cl. The van der Waals surface area contributed by atoms with E-state index in [0.29, 0.717) is 33.0 Å². The Bertz CT molecular complexity index is 716. The Morgan fingerprint density at radius 1 is 1.35 bits per heavy atom. The number of nitrogens with two attached hydrogens (primary N) is 1. The fraction of sp³-hybridized carbons (Fsp3) is 0.333. The van der Waals surface area contributed by atoms with Crippen LogP contribution in [0.1, 0.15) is 29.1 Å². The predicted molar refractivity (Wildman–Crippen MR) is 88.1 cm³/mol. The van der Waals surface area contributed by atoms with Crippen molar-refractivity contribution in [3.63, 3.8) is 0 Å². The number of halogens is 3. The molecule has 0 bridgehead atoms. The molecular formula is C15H19ClF2N4O. The van der Waals surface area contributed by atoms with Gasteiger partial charge in [0.05, 0.1) is 12.1 Å². The first-order chi connectivity index (χ1) is 10.3. The summed E-state index contributed by atoms with van der Waals surface area (Å²) in [6.07, 6.45) is -0.0153. The monoisotopic (exact) mass is 344 g/mol. The van der Waals surface area contributed by atoms with Crippen LogP contribution in [0.15, 0.2) is 18.2 Å². The molecular weight excluding hydrogens is 326 g/mol. The summed E-state index contributed by atoms with van der Waals surface area (Å²) >= 11 is 0. The molecule has 1 heterocycles. The second-order valence-electron chi connectivity index (χ2n) is 5.17. The average molecular weight is 345 g/mol. The molecule has 8 heteroatoms. The minimum atomic E-state index is -2.72. The number of carbonyl (C=O) groups is 1. The highest BCUT2D eigenvalue weighted by Gasteiger charge is 2.19. The molecule has 0 spiro atoms. The average Bonchev–Trinajstić information content (AvgIpc) is 2.71. The molecule has 0 aliphatic carbocycles. The van der Waals surface area contributed by atoms with Crippen LogP contribution >= 0.6 is 12.4 Å². The van der Waals surface area contributed by atoms with E-state index in [1.54, 1.807) is 25.1 Å². The number of nitrogens with zero attached hydrogens (tertiary/aromatic N) is 2. The summed E-state index contributed by atoms with van der Waals surface area (Å²) in [5.41, 5.74) is 8.96. The second kappa shape index (κ2) is 7.41. The van der Waals surface area contributed by atoms with E-state index in [1.165, 1.54) is 6.92 Å². The number of aryl methyl sites for hydroxylation is 2. The zero-order chi connectivity index (χ0) is 16.4. The van der Waals surface area contributed by atoms with Gasteiger partial charge >= 0.3 is 6.55 Å². The van der Waals surface area contributed by atoms with Crippen molar-refractivity contribution < 1.29 is 13.6 Å². The number of benzene rings is 1. The minimum absolute atomic E-state index is 0. The van der Waals surface area contributed by atoms with Gasteiger partial charge < -0.3 is 11.1 Å². The molecule has 126 valence electrons. The molecule has 0 saturated heterocycles. The van der Waals surface area contributed by atoms with Crippen LogP contribution in [-0.4, -0.2) is 15.7 Å². The first-order valence-corrected chi connectivity index (χ1v) is 6.78. The summed E-state index contributed by atoms with van der Waals surface area (Å²) in [7, 11) is 0. The van der Waals surface area contributed by atoms with E-state index < -0.39 is 6.55 Å². The molecule has 0 atom stereocenters. The van der Waals surface area contributed by atoms with Gasteiger partial charge in [-0.3, -0.25) is 4.79 Å². The van der Waals surface area contributed by atoms with Crippen molar-refractivity contribution in [3.8, 4) is 0 Å². The van der Waals surface area contributed by atoms with E-state index in [2.05, 4.69) is 10.4 Å². The minimum Gasteiger partial charge on any atom is -0.399 e. The fourth-order valence-corrected chi connectivity index (χ4v) is 2.27. The van der Waals surface area contributed by atoms with E-state index in [4.69, 9.17) is 5.73 Å². The molecule has 0 radical (unpaired) electrons. The number of aromatic nitrogens is 2. The molecule has 1 aromatic carbocycles. The third-order valence-corrected chi connectivity index (χ3v) is 3.53. The number of rotatable bonds is 4. The van der Waals surface area contributed by atoms with Gasteiger partial charge in [-0.2, -0.15) is 13.9 Å². The van der Waals surface area contributed by atoms with Crippen molar-refractivity contribution in [2.45, 2.75) is 33.7 Å². The van der Waals surface area contributed by atoms with Crippen LogP contribution in [0.25, 0.3) is 0 Å². The number of amides is 1. The molecule has 2 rings (SSSR count). The van der Waals surface area contributed by atoms with Crippen molar-refractivity contribution in [1.29, 1.82) is 0 Å². The number of anilines is 2. The topological polar surface area (TPSA) is 72.9 Å². The van der Waals surface area contributed by atoms with Gasteiger partial charge in [0.15, 0.2) is 0 Å². The maximum Gasteiger partial charge on any atom is 0.333 e. The highest BCUT2D eigenvalue weighted by Crippen LogP contribution is 2.21. The van der Waals surface area contributed by atoms with Crippen LogP contribution in [0.4, 0.5) is 20.2 Å². The Morgan fingerprint density at radius 2 is 2.00 bits per heavy atom. The molecule has 0 aliphatic rings. The Labute approximate surface area is 139 Å². The maximum absolute atomic E-state index is 12.8. The van der Waals surface area contributed by atoms with Gasteiger partial charge in [-0.1, -0.05) is 6.07 Å². The van der Waals surface area contributed by atoms with E-state index in [1.807, 2.05) is 6.92 Å².